The van der Waals surface area contributed by atoms with Crippen molar-refractivity contribution in [2.24, 2.45) is 0 Å². The molecule has 4 rings (SSSR count). The Morgan fingerprint density at radius 2 is 1.77 bits per heavy atom. The highest BCUT2D eigenvalue weighted by molar-refractivity contribution is 5.96. The molecule has 1 aliphatic rings. The van der Waals surface area contributed by atoms with Gasteiger partial charge in [0.25, 0.3) is 0 Å². The number of nitrogens with one attached hydrogen (secondary N) is 1. The van der Waals surface area contributed by atoms with Crippen LogP contribution in [-0.2, 0) is 25.6 Å². The second-order valence-corrected chi connectivity index (χ2v) is 7.43. The van der Waals surface area contributed by atoms with Gasteiger partial charge in [0, 0.05) is 17.8 Å². The summed E-state index contributed by atoms with van der Waals surface area (Å²) in [6, 6.07) is 14.2. The smallest absolute Gasteiger partial charge is 0.451 e. The molecule has 0 amide bonds. The third kappa shape index (κ3) is 4.52. The fourth-order valence-corrected chi connectivity index (χ4v) is 3.80. The fourth-order valence-electron chi connectivity index (χ4n) is 3.80. The van der Waals surface area contributed by atoms with E-state index in [2.05, 4.69) is 15.3 Å². The van der Waals surface area contributed by atoms with Crippen LogP contribution in [0, 0.1) is 0 Å². The van der Waals surface area contributed by atoms with Gasteiger partial charge >= 0.3 is 12.1 Å². The SMILES string of the molecule is O=C(O)c1cc(CNc2nc(C(F)(F)F)nc3c2CCCC3)ccc1-c1ccccc1. The van der Waals surface area contributed by atoms with E-state index in [0.29, 0.717) is 35.2 Å². The number of nitrogens with zero attached hydrogens (tertiary/aromatic N) is 2. The summed E-state index contributed by atoms with van der Waals surface area (Å²) in [5.41, 5.74) is 3.26. The summed E-state index contributed by atoms with van der Waals surface area (Å²) in [5, 5.41) is 12.6. The highest BCUT2D eigenvalue weighted by atomic mass is 19.4. The van der Waals surface area contributed by atoms with Crippen molar-refractivity contribution < 1.29 is 23.1 Å². The van der Waals surface area contributed by atoms with Crippen molar-refractivity contribution in [2.75, 3.05) is 5.32 Å². The van der Waals surface area contributed by atoms with Crippen LogP contribution in [0.4, 0.5) is 19.0 Å². The molecule has 0 bridgehead atoms. The Kier molecular flexibility index (Phi) is 5.63. The Bertz CT molecular complexity index is 1120. The molecule has 0 unspecified atom stereocenters. The third-order valence-corrected chi connectivity index (χ3v) is 5.30. The molecule has 3 aromatic rings. The summed E-state index contributed by atoms with van der Waals surface area (Å²) < 4.78 is 39.7. The van der Waals surface area contributed by atoms with Crippen LogP contribution in [0.5, 0.6) is 0 Å². The van der Waals surface area contributed by atoms with E-state index in [1.807, 2.05) is 30.3 Å². The van der Waals surface area contributed by atoms with Gasteiger partial charge in [-0.15, -0.1) is 0 Å². The summed E-state index contributed by atoms with van der Waals surface area (Å²) >= 11 is 0. The van der Waals surface area contributed by atoms with Crippen LogP contribution in [0.15, 0.2) is 48.5 Å². The van der Waals surface area contributed by atoms with Crippen LogP contribution >= 0.6 is 0 Å². The minimum Gasteiger partial charge on any atom is -0.478 e. The average molecular weight is 427 g/mol. The lowest BCUT2D eigenvalue weighted by molar-refractivity contribution is -0.145. The minimum atomic E-state index is -4.63. The van der Waals surface area contributed by atoms with Gasteiger partial charge in [-0.1, -0.05) is 42.5 Å². The Labute approximate surface area is 177 Å². The Morgan fingerprint density at radius 3 is 2.48 bits per heavy atom. The van der Waals surface area contributed by atoms with Crippen molar-refractivity contribution in [3.05, 3.63) is 76.7 Å². The molecule has 0 atom stereocenters. The predicted octanol–water partition coefficient (Wildman–Crippen LogP) is 5.35. The number of carboxylic acids is 1. The number of carboxylic acid groups (broad SMARTS) is 1. The molecule has 2 N–H and O–H groups in total. The number of halogens is 3. The summed E-state index contributed by atoms with van der Waals surface area (Å²) in [6.07, 6.45) is -1.86. The number of aryl methyl sites for hydroxylation is 1. The van der Waals surface area contributed by atoms with Crippen molar-refractivity contribution >= 4 is 11.8 Å². The number of aromatic carboxylic acids is 1. The molecular formula is C23H20F3N3O2. The molecule has 0 saturated carbocycles. The van der Waals surface area contributed by atoms with E-state index in [1.54, 1.807) is 12.1 Å². The largest absolute Gasteiger partial charge is 0.478 e. The van der Waals surface area contributed by atoms with Gasteiger partial charge in [-0.05, 0) is 48.4 Å². The van der Waals surface area contributed by atoms with E-state index >= 15 is 0 Å². The van der Waals surface area contributed by atoms with E-state index in [4.69, 9.17) is 0 Å². The Balaban J connectivity index is 1.64. The van der Waals surface area contributed by atoms with Gasteiger partial charge in [-0.2, -0.15) is 13.2 Å². The topological polar surface area (TPSA) is 75.1 Å². The number of carbonyl (C=O) groups is 1. The number of aromatic nitrogens is 2. The van der Waals surface area contributed by atoms with Crippen LogP contribution < -0.4 is 5.32 Å². The van der Waals surface area contributed by atoms with Crippen molar-refractivity contribution in [3.8, 4) is 11.1 Å². The molecule has 0 spiro atoms. The van der Waals surface area contributed by atoms with Crippen molar-refractivity contribution in [1.29, 1.82) is 0 Å². The van der Waals surface area contributed by atoms with Crippen molar-refractivity contribution in [1.82, 2.24) is 9.97 Å². The predicted molar refractivity (Wildman–Crippen MR) is 110 cm³/mol. The third-order valence-electron chi connectivity index (χ3n) is 5.30. The highest BCUT2D eigenvalue weighted by Gasteiger charge is 2.36. The molecular weight excluding hydrogens is 407 g/mol. The molecule has 8 heteroatoms. The van der Waals surface area contributed by atoms with Gasteiger partial charge in [0.05, 0.1) is 5.56 Å². The van der Waals surface area contributed by atoms with Crippen LogP contribution in [-0.4, -0.2) is 21.0 Å². The van der Waals surface area contributed by atoms with Gasteiger partial charge in [0.15, 0.2) is 0 Å². The number of hydrogen-bond acceptors (Lipinski definition) is 4. The highest BCUT2D eigenvalue weighted by Crippen LogP contribution is 2.32. The summed E-state index contributed by atoms with van der Waals surface area (Å²) in [5.74, 6) is -2.05. The molecule has 1 aromatic heterocycles. The van der Waals surface area contributed by atoms with Crippen LogP contribution in [0.2, 0.25) is 0 Å². The molecule has 0 radical (unpaired) electrons. The molecule has 1 aliphatic carbocycles. The number of rotatable bonds is 5. The molecule has 1 heterocycles. The van der Waals surface area contributed by atoms with E-state index in [0.717, 1.165) is 18.4 Å². The lowest BCUT2D eigenvalue weighted by atomic mass is 9.96. The first-order valence-corrected chi connectivity index (χ1v) is 9.95. The quantitative estimate of drug-likeness (QED) is 0.574. The molecule has 2 aromatic carbocycles. The van der Waals surface area contributed by atoms with Crippen LogP contribution in [0.25, 0.3) is 11.1 Å². The average Bonchev–Trinajstić information content (AvgIpc) is 2.77. The maximum Gasteiger partial charge on any atom is 0.451 e. The lowest BCUT2D eigenvalue weighted by Gasteiger charge is -2.20. The normalized spacial score (nSPS) is 13.5. The zero-order valence-corrected chi connectivity index (χ0v) is 16.5. The van der Waals surface area contributed by atoms with E-state index < -0.39 is 18.0 Å². The van der Waals surface area contributed by atoms with Crippen LogP contribution in [0.3, 0.4) is 0 Å². The molecule has 0 saturated heterocycles. The fraction of sp³-hybridized carbons (Fsp3) is 0.261. The molecule has 5 nitrogen and oxygen atoms in total. The van der Waals surface area contributed by atoms with E-state index in [1.165, 1.54) is 6.07 Å². The molecule has 31 heavy (non-hydrogen) atoms. The van der Waals surface area contributed by atoms with Gasteiger partial charge < -0.3 is 10.4 Å². The first-order valence-electron chi connectivity index (χ1n) is 9.95. The number of hydrogen-bond donors (Lipinski definition) is 2. The van der Waals surface area contributed by atoms with Gasteiger partial charge in [-0.25, -0.2) is 14.8 Å². The lowest BCUT2D eigenvalue weighted by Crippen LogP contribution is -2.19. The first kappa shape index (κ1) is 20.8. The van der Waals surface area contributed by atoms with Gasteiger partial charge in [0.2, 0.25) is 5.82 Å². The zero-order chi connectivity index (χ0) is 22.0. The second kappa shape index (κ2) is 8.37. The summed E-state index contributed by atoms with van der Waals surface area (Å²) in [4.78, 5) is 19.3. The summed E-state index contributed by atoms with van der Waals surface area (Å²) in [6.45, 7) is 0.149. The number of fused-ring (bicyclic) bond motifs is 1. The maximum absolute atomic E-state index is 13.2. The van der Waals surface area contributed by atoms with Crippen molar-refractivity contribution in [3.63, 3.8) is 0 Å². The van der Waals surface area contributed by atoms with Crippen LogP contribution in [0.1, 0.15) is 45.8 Å². The number of anilines is 1. The Morgan fingerprint density at radius 1 is 1.03 bits per heavy atom. The second-order valence-electron chi connectivity index (χ2n) is 7.43. The molecule has 0 aliphatic heterocycles. The number of benzene rings is 2. The minimum absolute atomic E-state index is 0.131. The Hall–Kier alpha value is -3.42. The zero-order valence-electron chi connectivity index (χ0n) is 16.5. The van der Waals surface area contributed by atoms with E-state index in [-0.39, 0.29) is 17.9 Å². The first-order chi connectivity index (χ1) is 14.8. The van der Waals surface area contributed by atoms with Crippen molar-refractivity contribution in [2.45, 2.75) is 38.4 Å². The molecule has 0 fully saturated rings. The monoisotopic (exact) mass is 427 g/mol. The van der Waals surface area contributed by atoms with Gasteiger partial charge in [0.1, 0.15) is 5.82 Å². The summed E-state index contributed by atoms with van der Waals surface area (Å²) in [7, 11) is 0. The van der Waals surface area contributed by atoms with Gasteiger partial charge in [-0.3, -0.25) is 0 Å². The number of alkyl halides is 3. The molecule has 160 valence electrons. The standard InChI is InChI=1S/C23H20F3N3O2/c24-23(25,26)22-28-19-9-5-4-8-17(19)20(29-22)27-13-14-10-11-16(18(12-14)21(30)31)15-6-2-1-3-7-15/h1-3,6-7,10-12H,4-5,8-9,13H2,(H,30,31)(H,27,28,29). The maximum atomic E-state index is 13.2. The van der Waals surface area contributed by atoms with E-state index in [9.17, 15) is 23.1 Å².